The second-order valence-electron chi connectivity index (χ2n) is 6.86. The molecule has 0 saturated heterocycles. The smallest absolute Gasteiger partial charge is 0.272 e. The normalized spacial score (nSPS) is 16.5. The van der Waals surface area contributed by atoms with Gasteiger partial charge in [0.05, 0.1) is 11.7 Å². The number of carbonyl (C=O) groups is 1. The Kier molecular flexibility index (Phi) is 3.75. The maximum absolute atomic E-state index is 13.7. The van der Waals surface area contributed by atoms with Crippen LogP contribution in [-0.4, -0.2) is 32.7 Å². The zero-order valence-corrected chi connectivity index (χ0v) is 14.4. The van der Waals surface area contributed by atoms with Crippen molar-refractivity contribution < 1.29 is 13.9 Å². The third kappa shape index (κ3) is 3.05. The fourth-order valence-electron chi connectivity index (χ4n) is 2.80. The summed E-state index contributed by atoms with van der Waals surface area (Å²) in [5.41, 5.74) is 0.918. The zero-order valence-electron chi connectivity index (χ0n) is 14.4. The standard InChI is InChI=1S/C18H18FN5O2/c1-18(2)10-26-14-4-3-12(19)7-11(14)8-20-15-5-6-16-21-9-13(17(25)22-18)24(16)23-15/h3-7,9H,8,10H2,1-2H3,(H,20,23)(H,22,25). The van der Waals surface area contributed by atoms with Crippen molar-refractivity contribution in [2.75, 3.05) is 11.9 Å². The lowest BCUT2D eigenvalue weighted by Crippen LogP contribution is -2.48. The van der Waals surface area contributed by atoms with Gasteiger partial charge in [-0.3, -0.25) is 4.79 Å². The van der Waals surface area contributed by atoms with E-state index in [9.17, 15) is 9.18 Å². The van der Waals surface area contributed by atoms with Gasteiger partial charge in [0.2, 0.25) is 0 Å². The number of nitrogens with one attached hydrogen (secondary N) is 2. The summed E-state index contributed by atoms with van der Waals surface area (Å²) in [5.74, 6) is 0.460. The summed E-state index contributed by atoms with van der Waals surface area (Å²) in [4.78, 5) is 16.9. The predicted molar refractivity (Wildman–Crippen MR) is 93.8 cm³/mol. The van der Waals surface area contributed by atoms with Gasteiger partial charge in [-0.25, -0.2) is 13.9 Å². The topological polar surface area (TPSA) is 80.6 Å². The van der Waals surface area contributed by atoms with E-state index in [4.69, 9.17) is 4.74 Å². The first-order valence-corrected chi connectivity index (χ1v) is 8.24. The molecule has 1 aliphatic rings. The molecule has 7 nitrogen and oxygen atoms in total. The minimum Gasteiger partial charge on any atom is -0.491 e. The molecular weight excluding hydrogens is 337 g/mol. The highest BCUT2D eigenvalue weighted by Crippen LogP contribution is 2.23. The van der Waals surface area contributed by atoms with Gasteiger partial charge in [0, 0.05) is 12.1 Å². The van der Waals surface area contributed by atoms with Crippen LogP contribution in [0.4, 0.5) is 10.2 Å². The molecule has 0 saturated carbocycles. The molecular formula is C18H18FN5O2. The highest BCUT2D eigenvalue weighted by atomic mass is 19.1. The van der Waals surface area contributed by atoms with Crippen molar-refractivity contribution in [2.24, 2.45) is 0 Å². The molecule has 4 rings (SSSR count). The molecule has 1 amide bonds. The van der Waals surface area contributed by atoms with Gasteiger partial charge in [-0.15, -0.1) is 5.10 Å². The van der Waals surface area contributed by atoms with Crippen LogP contribution < -0.4 is 15.4 Å². The third-order valence-corrected chi connectivity index (χ3v) is 4.12. The van der Waals surface area contributed by atoms with Crippen molar-refractivity contribution in [3.8, 4) is 5.75 Å². The molecule has 2 bridgehead atoms. The Labute approximate surface area is 149 Å². The summed E-state index contributed by atoms with van der Waals surface area (Å²) in [5, 5.41) is 10.5. The van der Waals surface area contributed by atoms with Gasteiger partial charge < -0.3 is 15.4 Å². The number of fused-ring (bicyclic) bond motifs is 2. The number of hydrogen-bond donors (Lipinski definition) is 2. The highest BCUT2D eigenvalue weighted by Gasteiger charge is 2.25. The van der Waals surface area contributed by atoms with E-state index >= 15 is 0 Å². The molecule has 0 radical (unpaired) electrons. The van der Waals surface area contributed by atoms with Crippen LogP contribution >= 0.6 is 0 Å². The molecule has 0 aliphatic carbocycles. The Bertz CT molecular complexity index is 998. The summed E-state index contributed by atoms with van der Waals surface area (Å²) >= 11 is 0. The molecule has 2 aromatic heterocycles. The molecule has 3 heterocycles. The fraction of sp³-hybridized carbons (Fsp3) is 0.278. The maximum Gasteiger partial charge on any atom is 0.272 e. The number of nitrogens with zero attached hydrogens (tertiary/aromatic N) is 3. The van der Waals surface area contributed by atoms with Gasteiger partial charge in [0.15, 0.2) is 11.3 Å². The molecule has 2 N–H and O–H groups in total. The lowest BCUT2D eigenvalue weighted by atomic mass is 10.1. The van der Waals surface area contributed by atoms with Crippen LogP contribution in [0, 0.1) is 5.82 Å². The number of halogens is 1. The first-order valence-electron chi connectivity index (χ1n) is 8.24. The number of hydrogen-bond acceptors (Lipinski definition) is 5. The molecule has 0 unspecified atom stereocenters. The van der Waals surface area contributed by atoms with E-state index in [-0.39, 0.29) is 18.3 Å². The zero-order chi connectivity index (χ0) is 18.3. The Morgan fingerprint density at radius 3 is 2.96 bits per heavy atom. The van der Waals surface area contributed by atoms with Crippen LogP contribution in [0.1, 0.15) is 29.9 Å². The van der Waals surface area contributed by atoms with Crippen LogP contribution in [0.3, 0.4) is 0 Å². The van der Waals surface area contributed by atoms with E-state index < -0.39 is 5.54 Å². The van der Waals surface area contributed by atoms with Crippen LogP contribution in [0.15, 0.2) is 36.5 Å². The second kappa shape index (κ2) is 5.98. The fourth-order valence-corrected chi connectivity index (χ4v) is 2.80. The lowest BCUT2D eigenvalue weighted by molar-refractivity contribution is 0.0873. The number of benzene rings is 1. The number of imidazole rings is 1. The number of ether oxygens (including phenoxy) is 1. The molecule has 3 aromatic rings. The molecule has 8 heteroatoms. The second-order valence-corrected chi connectivity index (χ2v) is 6.86. The van der Waals surface area contributed by atoms with Crippen molar-refractivity contribution in [1.29, 1.82) is 0 Å². The minimum absolute atomic E-state index is 0.227. The summed E-state index contributed by atoms with van der Waals surface area (Å²) in [6.07, 6.45) is 1.49. The number of aromatic nitrogens is 3. The average Bonchev–Trinajstić information content (AvgIpc) is 3.01. The summed E-state index contributed by atoms with van der Waals surface area (Å²) in [6.45, 7) is 4.27. The van der Waals surface area contributed by atoms with E-state index in [0.29, 0.717) is 35.0 Å². The van der Waals surface area contributed by atoms with E-state index in [1.807, 2.05) is 13.8 Å². The Balaban J connectivity index is 1.80. The third-order valence-electron chi connectivity index (χ3n) is 4.12. The highest BCUT2D eigenvalue weighted by molar-refractivity contribution is 5.93. The van der Waals surface area contributed by atoms with Crippen LogP contribution in [0.2, 0.25) is 0 Å². The summed E-state index contributed by atoms with van der Waals surface area (Å²) in [7, 11) is 0. The minimum atomic E-state index is -0.647. The molecule has 1 aliphatic heterocycles. The summed E-state index contributed by atoms with van der Waals surface area (Å²) in [6, 6.07) is 7.89. The van der Waals surface area contributed by atoms with Crippen LogP contribution in [-0.2, 0) is 6.54 Å². The Morgan fingerprint density at radius 1 is 1.27 bits per heavy atom. The quantitative estimate of drug-likeness (QED) is 0.647. The SMILES string of the molecule is CC1(C)COc2ccc(F)cc2CNc2ccc3ncc(n3n2)C(=O)N1. The molecule has 1 aromatic carbocycles. The Hall–Kier alpha value is -3.16. The van der Waals surface area contributed by atoms with Crippen molar-refractivity contribution in [1.82, 2.24) is 19.9 Å². The largest absolute Gasteiger partial charge is 0.491 e. The first kappa shape index (κ1) is 16.3. The first-order chi connectivity index (χ1) is 12.4. The van der Waals surface area contributed by atoms with Crippen LogP contribution in [0.5, 0.6) is 5.75 Å². The van der Waals surface area contributed by atoms with Crippen molar-refractivity contribution in [3.63, 3.8) is 0 Å². The molecule has 0 spiro atoms. The monoisotopic (exact) mass is 355 g/mol. The van der Waals surface area contributed by atoms with Gasteiger partial charge in [-0.1, -0.05) is 0 Å². The van der Waals surface area contributed by atoms with Gasteiger partial charge in [-0.2, -0.15) is 0 Å². The number of rotatable bonds is 0. The molecule has 0 fully saturated rings. The average molecular weight is 355 g/mol. The predicted octanol–water partition coefficient (Wildman–Crippen LogP) is 2.38. The van der Waals surface area contributed by atoms with Gasteiger partial charge in [-0.05, 0) is 44.2 Å². The van der Waals surface area contributed by atoms with Crippen LogP contribution in [0.25, 0.3) is 5.65 Å². The Morgan fingerprint density at radius 2 is 2.12 bits per heavy atom. The van der Waals surface area contributed by atoms with E-state index in [1.54, 1.807) is 18.2 Å². The number of anilines is 1. The van der Waals surface area contributed by atoms with Gasteiger partial charge in [0.1, 0.15) is 24.0 Å². The van der Waals surface area contributed by atoms with E-state index in [1.165, 1.54) is 22.8 Å². The van der Waals surface area contributed by atoms with Crippen molar-refractivity contribution in [3.05, 3.63) is 53.6 Å². The van der Waals surface area contributed by atoms with E-state index in [2.05, 4.69) is 20.7 Å². The number of carbonyl (C=O) groups excluding carboxylic acids is 1. The van der Waals surface area contributed by atoms with E-state index in [0.717, 1.165) is 0 Å². The lowest BCUT2D eigenvalue weighted by Gasteiger charge is -2.26. The van der Waals surface area contributed by atoms with Gasteiger partial charge in [0.25, 0.3) is 5.91 Å². The maximum atomic E-state index is 13.7. The van der Waals surface area contributed by atoms with Gasteiger partial charge >= 0.3 is 0 Å². The summed E-state index contributed by atoms with van der Waals surface area (Å²) < 4.78 is 21.0. The molecule has 0 atom stereocenters. The molecule has 134 valence electrons. The van der Waals surface area contributed by atoms with Crippen molar-refractivity contribution >= 4 is 17.4 Å². The number of amides is 1. The molecule has 26 heavy (non-hydrogen) atoms. The van der Waals surface area contributed by atoms with Crippen molar-refractivity contribution in [2.45, 2.75) is 25.9 Å².